The third-order valence-electron chi connectivity index (χ3n) is 5.32. The van der Waals surface area contributed by atoms with Crippen LogP contribution in [0.5, 0.6) is 0 Å². The Kier molecular flexibility index (Phi) is 7.39. The lowest BCUT2D eigenvalue weighted by Gasteiger charge is -2.27. The summed E-state index contributed by atoms with van der Waals surface area (Å²) in [7, 11) is 1.96. The molecule has 1 aliphatic rings. The van der Waals surface area contributed by atoms with Gasteiger partial charge in [0.15, 0.2) is 11.6 Å². The molecule has 0 unspecified atom stereocenters. The summed E-state index contributed by atoms with van der Waals surface area (Å²) < 4.78 is 3.86. The van der Waals surface area contributed by atoms with E-state index in [9.17, 15) is 0 Å². The van der Waals surface area contributed by atoms with Crippen molar-refractivity contribution in [2.45, 2.75) is 59.9 Å². The van der Waals surface area contributed by atoms with Gasteiger partial charge in [-0.2, -0.15) is 0 Å². The molecule has 0 spiro atoms. The van der Waals surface area contributed by atoms with Crippen LogP contribution in [0.25, 0.3) is 28.3 Å². The predicted molar refractivity (Wildman–Crippen MR) is 127 cm³/mol. The fourth-order valence-electron chi connectivity index (χ4n) is 3.57. The minimum absolute atomic E-state index is 0.481. The summed E-state index contributed by atoms with van der Waals surface area (Å²) in [4.78, 5) is 13.5. The highest BCUT2D eigenvalue weighted by molar-refractivity contribution is 5.83. The van der Waals surface area contributed by atoms with Gasteiger partial charge in [0.2, 0.25) is 5.82 Å². The SMILES string of the molecule is CC.CC.Cc1c(-c2cccnc2)cn2nc(-c3nccn3C)nc(NC3CCC3)c12. The lowest BCUT2D eigenvalue weighted by Crippen LogP contribution is -2.28. The molecule has 31 heavy (non-hydrogen) atoms. The second-order valence-corrected chi connectivity index (χ2v) is 7.12. The fourth-order valence-corrected chi connectivity index (χ4v) is 3.57. The van der Waals surface area contributed by atoms with Crippen LogP contribution >= 0.6 is 0 Å². The molecule has 7 heteroatoms. The molecule has 4 heterocycles. The summed E-state index contributed by atoms with van der Waals surface area (Å²) in [6.45, 7) is 10.1. The predicted octanol–water partition coefficient (Wildman–Crippen LogP) is 5.52. The Morgan fingerprint density at radius 1 is 1.10 bits per heavy atom. The molecule has 1 saturated carbocycles. The van der Waals surface area contributed by atoms with Crippen LogP contribution in [0.2, 0.25) is 0 Å². The molecule has 1 N–H and O–H groups in total. The maximum absolute atomic E-state index is 4.85. The Bertz CT molecular complexity index is 1110. The van der Waals surface area contributed by atoms with Crippen LogP contribution in [0.3, 0.4) is 0 Å². The lowest BCUT2D eigenvalue weighted by molar-refractivity contribution is 0.444. The molecule has 5 rings (SSSR count). The Morgan fingerprint density at radius 3 is 2.45 bits per heavy atom. The zero-order chi connectivity index (χ0) is 22.4. The Balaban J connectivity index is 0.000000645. The van der Waals surface area contributed by atoms with Gasteiger partial charge in [0.25, 0.3) is 0 Å². The zero-order valence-electron chi connectivity index (χ0n) is 19.4. The number of imidazole rings is 1. The van der Waals surface area contributed by atoms with Crippen molar-refractivity contribution in [3.05, 3.63) is 48.7 Å². The third kappa shape index (κ3) is 4.45. The monoisotopic (exact) mass is 419 g/mol. The molecule has 0 bridgehead atoms. The number of aromatic nitrogens is 6. The summed E-state index contributed by atoms with van der Waals surface area (Å²) in [5.74, 6) is 2.24. The van der Waals surface area contributed by atoms with E-state index in [1.54, 1.807) is 12.4 Å². The summed E-state index contributed by atoms with van der Waals surface area (Å²) in [6.07, 6.45) is 13.0. The molecule has 0 aliphatic heterocycles. The average Bonchev–Trinajstić information content (AvgIpc) is 3.37. The zero-order valence-corrected chi connectivity index (χ0v) is 19.4. The molecule has 1 fully saturated rings. The minimum atomic E-state index is 0.481. The normalized spacial score (nSPS) is 13.0. The average molecular weight is 420 g/mol. The van der Waals surface area contributed by atoms with E-state index >= 15 is 0 Å². The van der Waals surface area contributed by atoms with Crippen molar-refractivity contribution in [3.63, 3.8) is 0 Å². The van der Waals surface area contributed by atoms with Crippen LogP contribution in [-0.2, 0) is 7.05 Å². The molecule has 0 radical (unpaired) electrons. The number of hydrogen-bond acceptors (Lipinski definition) is 5. The van der Waals surface area contributed by atoms with Gasteiger partial charge in [-0.25, -0.2) is 14.5 Å². The van der Waals surface area contributed by atoms with Crippen LogP contribution in [0.4, 0.5) is 5.82 Å². The highest BCUT2D eigenvalue weighted by Gasteiger charge is 2.23. The topological polar surface area (TPSA) is 72.9 Å². The second kappa shape index (κ2) is 10.2. The van der Waals surface area contributed by atoms with Gasteiger partial charge in [-0.15, -0.1) is 5.10 Å². The summed E-state index contributed by atoms with van der Waals surface area (Å²) in [5, 5.41) is 8.38. The number of pyridine rings is 1. The van der Waals surface area contributed by atoms with E-state index in [1.165, 1.54) is 19.3 Å². The third-order valence-corrected chi connectivity index (χ3v) is 5.32. The maximum atomic E-state index is 4.85. The van der Waals surface area contributed by atoms with E-state index in [0.717, 1.165) is 33.8 Å². The molecule has 0 amide bonds. The van der Waals surface area contributed by atoms with Crippen molar-refractivity contribution in [2.24, 2.45) is 7.05 Å². The first-order valence-corrected chi connectivity index (χ1v) is 11.3. The van der Waals surface area contributed by atoms with E-state index < -0.39 is 0 Å². The van der Waals surface area contributed by atoms with Gasteiger partial charge in [-0.05, 0) is 37.8 Å². The summed E-state index contributed by atoms with van der Waals surface area (Å²) >= 11 is 0. The van der Waals surface area contributed by atoms with Crippen LogP contribution < -0.4 is 5.32 Å². The van der Waals surface area contributed by atoms with Gasteiger partial charge in [0.1, 0.15) is 5.52 Å². The van der Waals surface area contributed by atoms with Gasteiger partial charge < -0.3 is 9.88 Å². The van der Waals surface area contributed by atoms with Gasteiger partial charge in [0, 0.05) is 55.2 Å². The Hall–Kier alpha value is -3.22. The Morgan fingerprint density at radius 2 is 1.87 bits per heavy atom. The quantitative estimate of drug-likeness (QED) is 0.472. The number of hydrogen-bond donors (Lipinski definition) is 1. The first-order valence-electron chi connectivity index (χ1n) is 11.3. The van der Waals surface area contributed by atoms with E-state index in [2.05, 4.69) is 34.5 Å². The number of nitrogens with zero attached hydrogens (tertiary/aromatic N) is 6. The van der Waals surface area contributed by atoms with Crippen molar-refractivity contribution in [3.8, 4) is 22.8 Å². The number of fused-ring (bicyclic) bond motifs is 1. The van der Waals surface area contributed by atoms with Gasteiger partial charge in [-0.3, -0.25) is 4.98 Å². The van der Waals surface area contributed by atoms with Crippen LogP contribution in [-0.4, -0.2) is 35.2 Å². The lowest BCUT2D eigenvalue weighted by atomic mass is 9.93. The summed E-state index contributed by atoms with van der Waals surface area (Å²) in [6, 6.07) is 4.50. The number of anilines is 1. The van der Waals surface area contributed by atoms with E-state index in [-0.39, 0.29) is 0 Å². The number of rotatable bonds is 4. The summed E-state index contributed by atoms with van der Waals surface area (Å²) in [5.41, 5.74) is 4.36. The molecular weight excluding hydrogens is 386 g/mol. The van der Waals surface area contributed by atoms with Crippen molar-refractivity contribution in [2.75, 3.05) is 5.32 Å². The molecule has 164 valence electrons. The van der Waals surface area contributed by atoms with Crippen molar-refractivity contribution < 1.29 is 0 Å². The first kappa shape index (κ1) is 22.5. The van der Waals surface area contributed by atoms with Crippen LogP contribution in [0.15, 0.2) is 43.1 Å². The maximum Gasteiger partial charge on any atom is 0.218 e. The molecule has 0 aromatic carbocycles. The van der Waals surface area contributed by atoms with Gasteiger partial charge >= 0.3 is 0 Å². The molecule has 0 atom stereocenters. The van der Waals surface area contributed by atoms with Crippen molar-refractivity contribution >= 4 is 11.3 Å². The van der Waals surface area contributed by atoms with Crippen LogP contribution in [0.1, 0.15) is 52.5 Å². The van der Waals surface area contributed by atoms with E-state index in [1.807, 2.05) is 62.3 Å². The van der Waals surface area contributed by atoms with Gasteiger partial charge in [-0.1, -0.05) is 33.8 Å². The fraction of sp³-hybridized carbons (Fsp3) is 0.417. The molecule has 4 aromatic rings. The second-order valence-electron chi connectivity index (χ2n) is 7.12. The minimum Gasteiger partial charge on any atom is -0.365 e. The van der Waals surface area contributed by atoms with Gasteiger partial charge in [0.05, 0.1) is 0 Å². The van der Waals surface area contributed by atoms with E-state index in [0.29, 0.717) is 11.9 Å². The highest BCUT2D eigenvalue weighted by atomic mass is 15.3. The van der Waals surface area contributed by atoms with E-state index in [4.69, 9.17) is 10.1 Å². The molecular formula is C24H33N7. The number of aryl methyl sites for hydroxylation is 2. The van der Waals surface area contributed by atoms with Crippen LogP contribution in [0, 0.1) is 6.92 Å². The highest BCUT2D eigenvalue weighted by Crippen LogP contribution is 2.33. The molecule has 4 aromatic heterocycles. The van der Waals surface area contributed by atoms with Crippen molar-refractivity contribution in [1.29, 1.82) is 0 Å². The largest absolute Gasteiger partial charge is 0.365 e. The molecule has 7 nitrogen and oxygen atoms in total. The number of nitrogens with one attached hydrogen (secondary N) is 1. The Labute approximate surface area is 184 Å². The molecule has 0 saturated heterocycles. The standard InChI is InChI=1S/C20H21N7.2C2H6/c1-13-16(14-5-4-8-21-11-14)12-27-17(13)18(23-15-6-3-7-15)24-19(25-27)20-22-9-10-26(20)2;2*1-2/h4-5,8-12,15H,3,6-7H2,1-2H3,(H,23,24,25);2*1-2H3. The molecule has 1 aliphatic carbocycles. The van der Waals surface area contributed by atoms with Crippen molar-refractivity contribution in [1.82, 2.24) is 29.1 Å². The first-order chi connectivity index (χ1) is 15.2. The smallest absolute Gasteiger partial charge is 0.218 e.